The molecule has 20 heavy (non-hydrogen) atoms. The third kappa shape index (κ3) is 2.26. The summed E-state index contributed by atoms with van der Waals surface area (Å²) in [5.74, 6) is 2.82. The van der Waals surface area contributed by atoms with Gasteiger partial charge in [0.25, 0.3) is 0 Å². The summed E-state index contributed by atoms with van der Waals surface area (Å²) in [6, 6.07) is 8.98. The number of benzene rings is 1. The van der Waals surface area contributed by atoms with E-state index >= 15 is 0 Å². The van der Waals surface area contributed by atoms with Crippen molar-refractivity contribution in [2.45, 2.75) is 42.6 Å². The van der Waals surface area contributed by atoms with Crippen LogP contribution in [0.1, 0.15) is 37.2 Å². The van der Waals surface area contributed by atoms with E-state index < -0.39 is 0 Å². The fourth-order valence-corrected chi connectivity index (χ4v) is 6.13. The maximum absolute atomic E-state index is 6.15. The van der Waals surface area contributed by atoms with Gasteiger partial charge < -0.3 is 4.74 Å². The smallest absolute Gasteiger partial charge is 0.0668 e. The van der Waals surface area contributed by atoms with E-state index in [0.29, 0.717) is 11.5 Å². The molecule has 1 aromatic carbocycles. The molecule has 2 heterocycles. The fourth-order valence-electron chi connectivity index (χ4n) is 4.05. The Morgan fingerprint density at radius 2 is 2.15 bits per heavy atom. The predicted octanol–water partition coefficient (Wildman–Crippen LogP) is 4.85. The first-order valence-corrected chi connectivity index (χ1v) is 9.82. The molecule has 4 rings (SSSR count). The average molecular weight is 353 g/mol. The largest absolute Gasteiger partial charge is 0.377 e. The van der Waals surface area contributed by atoms with Crippen molar-refractivity contribution in [2.75, 3.05) is 17.7 Å². The van der Waals surface area contributed by atoms with Crippen LogP contribution in [0.3, 0.4) is 0 Å². The van der Waals surface area contributed by atoms with Gasteiger partial charge in [0.15, 0.2) is 0 Å². The predicted molar refractivity (Wildman–Crippen MR) is 87.8 cm³/mol. The van der Waals surface area contributed by atoms with E-state index in [1.54, 1.807) is 5.56 Å². The van der Waals surface area contributed by atoms with E-state index in [9.17, 15) is 0 Å². The molecule has 0 radical (unpaired) electrons. The number of ether oxygens (including phenoxy) is 1. The molecule has 1 nitrogen and oxygen atoms in total. The third-order valence-corrected chi connectivity index (χ3v) is 7.64. The minimum Gasteiger partial charge on any atom is -0.377 e. The number of rotatable bonds is 4. The highest BCUT2D eigenvalue weighted by atomic mass is 79.9. The molecule has 0 amide bonds. The molecule has 1 saturated heterocycles. The molecule has 3 heteroatoms. The van der Waals surface area contributed by atoms with Crippen molar-refractivity contribution in [3.8, 4) is 0 Å². The molecular weight excluding hydrogens is 332 g/mol. The van der Waals surface area contributed by atoms with Gasteiger partial charge in [-0.05, 0) is 49.1 Å². The SMILES string of the molecule is BrCC1(CC2CSc3ccccc32)CCOC1C1CC1. The first-order valence-electron chi connectivity index (χ1n) is 7.72. The Hall–Kier alpha value is 0.01000. The monoisotopic (exact) mass is 352 g/mol. The van der Waals surface area contributed by atoms with Crippen molar-refractivity contribution in [1.29, 1.82) is 0 Å². The molecule has 3 unspecified atom stereocenters. The molecule has 1 saturated carbocycles. The summed E-state index contributed by atoms with van der Waals surface area (Å²) in [4.78, 5) is 1.50. The van der Waals surface area contributed by atoms with Crippen LogP contribution >= 0.6 is 27.7 Å². The molecule has 108 valence electrons. The van der Waals surface area contributed by atoms with E-state index in [-0.39, 0.29) is 0 Å². The van der Waals surface area contributed by atoms with Gasteiger partial charge in [-0.2, -0.15) is 0 Å². The highest BCUT2D eigenvalue weighted by Crippen LogP contribution is 2.54. The lowest BCUT2D eigenvalue weighted by Crippen LogP contribution is -2.36. The van der Waals surface area contributed by atoms with E-state index in [2.05, 4.69) is 40.2 Å². The van der Waals surface area contributed by atoms with E-state index in [4.69, 9.17) is 4.74 Å². The van der Waals surface area contributed by atoms with Gasteiger partial charge in [-0.15, -0.1) is 11.8 Å². The van der Waals surface area contributed by atoms with Gasteiger partial charge in [-0.3, -0.25) is 0 Å². The minimum absolute atomic E-state index is 0.379. The summed E-state index contributed by atoms with van der Waals surface area (Å²) >= 11 is 5.87. The average Bonchev–Trinajstić information content (AvgIpc) is 3.12. The van der Waals surface area contributed by atoms with Crippen LogP contribution in [-0.4, -0.2) is 23.8 Å². The van der Waals surface area contributed by atoms with Crippen LogP contribution in [0.25, 0.3) is 0 Å². The minimum atomic E-state index is 0.379. The van der Waals surface area contributed by atoms with Crippen molar-refractivity contribution < 1.29 is 4.74 Å². The van der Waals surface area contributed by atoms with Gasteiger partial charge in [-0.1, -0.05) is 34.1 Å². The first-order chi connectivity index (χ1) is 9.82. The second-order valence-corrected chi connectivity index (χ2v) is 8.25. The Kier molecular flexibility index (Phi) is 3.64. The molecule has 1 aromatic rings. The van der Waals surface area contributed by atoms with E-state index in [1.165, 1.54) is 36.3 Å². The van der Waals surface area contributed by atoms with Crippen LogP contribution in [0, 0.1) is 11.3 Å². The van der Waals surface area contributed by atoms with Crippen molar-refractivity contribution in [3.05, 3.63) is 29.8 Å². The lowest BCUT2D eigenvalue weighted by atomic mass is 9.73. The van der Waals surface area contributed by atoms with Crippen LogP contribution in [0.2, 0.25) is 0 Å². The lowest BCUT2D eigenvalue weighted by molar-refractivity contribution is 0.0354. The molecule has 0 spiro atoms. The first kappa shape index (κ1) is 13.7. The van der Waals surface area contributed by atoms with Crippen LogP contribution in [0.5, 0.6) is 0 Å². The number of hydrogen-bond donors (Lipinski definition) is 0. The second-order valence-electron chi connectivity index (χ2n) is 6.62. The second kappa shape index (κ2) is 5.33. The summed E-state index contributed by atoms with van der Waals surface area (Å²) in [6.07, 6.45) is 5.82. The maximum atomic E-state index is 6.15. The number of thioether (sulfide) groups is 1. The van der Waals surface area contributed by atoms with Gasteiger partial charge in [0.2, 0.25) is 0 Å². The number of alkyl halides is 1. The zero-order valence-corrected chi connectivity index (χ0v) is 14.1. The molecule has 2 fully saturated rings. The summed E-state index contributed by atoms with van der Waals surface area (Å²) in [5, 5.41) is 1.10. The topological polar surface area (TPSA) is 9.23 Å². The number of halogens is 1. The summed E-state index contributed by atoms with van der Waals surface area (Å²) in [5.41, 5.74) is 1.96. The Morgan fingerprint density at radius 1 is 1.30 bits per heavy atom. The van der Waals surface area contributed by atoms with Crippen LogP contribution in [-0.2, 0) is 4.74 Å². The standard InChI is InChI=1S/C17H21BrOS/c18-11-17(7-8-19-16(17)12-5-6-12)9-13-10-20-15-4-2-1-3-14(13)15/h1-4,12-13,16H,5-11H2. The highest BCUT2D eigenvalue weighted by molar-refractivity contribution is 9.09. The van der Waals surface area contributed by atoms with Gasteiger partial charge in [0, 0.05) is 28.0 Å². The van der Waals surface area contributed by atoms with Crippen LogP contribution in [0.4, 0.5) is 0 Å². The van der Waals surface area contributed by atoms with Gasteiger partial charge in [-0.25, -0.2) is 0 Å². The van der Waals surface area contributed by atoms with E-state index in [0.717, 1.165) is 23.8 Å². The van der Waals surface area contributed by atoms with Crippen molar-refractivity contribution in [2.24, 2.45) is 11.3 Å². The number of hydrogen-bond acceptors (Lipinski definition) is 2. The fraction of sp³-hybridized carbons (Fsp3) is 0.647. The van der Waals surface area contributed by atoms with Crippen LogP contribution < -0.4 is 0 Å². The van der Waals surface area contributed by atoms with Gasteiger partial charge in [0.05, 0.1) is 6.10 Å². The summed E-state index contributed by atoms with van der Waals surface area (Å²) < 4.78 is 6.15. The Morgan fingerprint density at radius 3 is 2.95 bits per heavy atom. The Balaban J connectivity index is 1.58. The van der Waals surface area contributed by atoms with Crippen LogP contribution in [0.15, 0.2) is 29.2 Å². The molecule has 0 aromatic heterocycles. The zero-order valence-electron chi connectivity index (χ0n) is 11.7. The Bertz CT molecular complexity index is 502. The van der Waals surface area contributed by atoms with E-state index in [1.807, 2.05) is 11.8 Å². The molecule has 3 aliphatic rings. The molecule has 0 N–H and O–H groups in total. The molecule has 3 atom stereocenters. The van der Waals surface area contributed by atoms with Crippen molar-refractivity contribution in [3.63, 3.8) is 0 Å². The highest BCUT2D eigenvalue weighted by Gasteiger charge is 2.51. The summed E-state index contributed by atoms with van der Waals surface area (Å²) in [7, 11) is 0. The third-order valence-electron chi connectivity index (χ3n) is 5.27. The summed E-state index contributed by atoms with van der Waals surface area (Å²) in [6.45, 7) is 0.967. The normalized spacial score (nSPS) is 36.2. The maximum Gasteiger partial charge on any atom is 0.0668 e. The molecule has 1 aliphatic carbocycles. The number of fused-ring (bicyclic) bond motifs is 1. The van der Waals surface area contributed by atoms with Crippen molar-refractivity contribution >= 4 is 27.7 Å². The van der Waals surface area contributed by atoms with Crippen molar-refractivity contribution in [1.82, 2.24) is 0 Å². The van der Waals surface area contributed by atoms with Gasteiger partial charge in [0.1, 0.15) is 0 Å². The molecular formula is C17H21BrOS. The van der Waals surface area contributed by atoms with Gasteiger partial charge >= 0.3 is 0 Å². The zero-order chi connectivity index (χ0) is 13.6. The quantitative estimate of drug-likeness (QED) is 0.716. The lowest BCUT2D eigenvalue weighted by Gasteiger charge is -2.35. The Labute approximate surface area is 134 Å². The molecule has 2 aliphatic heterocycles. The molecule has 0 bridgehead atoms.